The molecule has 0 spiro atoms. The molecule has 0 amide bonds. The monoisotopic (exact) mass is 284 g/mol. The molecular formula is C15H12N2O4. The van der Waals surface area contributed by atoms with Gasteiger partial charge in [0.1, 0.15) is 18.1 Å². The van der Waals surface area contributed by atoms with Crippen LogP contribution in [-0.2, 0) is 6.61 Å². The summed E-state index contributed by atoms with van der Waals surface area (Å²) in [7, 11) is 0. The van der Waals surface area contributed by atoms with Gasteiger partial charge in [0.15, 0.2) is 11.5 Å². The summed E-state index contributed by atoms with van der Waals surface area (Å²) in [6, 6.07) is 12.0. The molecule has 2 heterocycles. The maximum Gasteiger partial charge on any atom is 0.356 e. The van der Waals surface area contributed by atoms with Crippen LogP contribution in [-0.4, -0.2) is 25.6 Å². The summed E-state index contributed by atoms with van der Waals surface area (Å²) in [5, 5.41) is 18.7. The van der Waals surface area contributed by atoms with E-state index in [4.69, 9.17) is 4.74 Å². The van der Waals surface area contributed by atoms with Gasteiger partial charge in [-0.25, -0.2) is 9.78 Å². The molecule has 0 unspecified atom stereocenters. The summed E-state index contributed by atoms with van der Waals surface area (Å²) in [5.41, 5.74) is 0.215. The van der Waals surface area contributed by atoms with Gasteiger partial charge >= 0.3 is 5.97 Å². The lowest BCUT2D eigenvalue weighted by Gasteiger charge is -2.05. The number of para-hydroxylation sites is 1. The molecule has 106 valence electrons. The number of ether oxygens (including phenoxy) is 1. The summed E-state index contributed by atoms with van der Waals surface area (Å²) >= 11 is 0. The molecule has 6 nitrogen and oxygen atoms in total. The highest BCUT2D eigenvalue weighted by molar-refractivity contribution is 5.94. The van der Waals surface area contributed by atoms with Crippen LogP contribution in [0.2, 0.25) is 0 Å². The smallest absolute Gasteiger partial charge is 0.356 e. The topological polar surface area (TPSA) is 84.1 Å². The fourth-order valence-corrected chi connectivity index (χ4v) is 2.06. The lowest BCUT2D eigenvalue weighted by Crippen LogP contribution is -2.01. The summed E-state index contributed by atoms with van der Waals surface area (Å²) in [5.74, 6) is -0.0411. The number of aromatic hydroxyl groups is 1. The van der Waals surface area contributed by atoms with E-state index in [0.717, 1.165) is 0 Å². The zero-order valence-electron chi connectivity index (χ0n) is 10.9. The zero-order valence-corrected chi connectivity index (χ0v) is 10.9. The molecule has 0 aliphatic heterocycles. The van der Waals surface area contributed by atoms with E-state index in [9.17, 15) is 15.0 Å². The Morgan fingerprint density at radius 1 is 1.24 bits per heavy atom. The number of imidazole rings is 1. The van der Waals surface area contributed by atoms with Crippen molar-refractivity contribution in [2.45, 2.75) is 6.61 Å². The van der Waals surface area contributed by atoms with Crippen molar-refractivity contribution < 1.29 is 19.7 Å². The van der Waals surface area contributed by atoms with Gasteiger partial charge in [-0.1, -0.05) is 18.2 Å². The highest BCUT2D eigenvalue weighted by Gasteiger charge is 2.17. The minimum Gasteiger partial charge on any atom is -0.508 e. The summed E-state index contributed by atoms with van der Waals surface area (Å²) < 4.78 is 7.17. The van der Waals surface area contributed by atoms with Gasteiger partial charge in [0, 0.05) is 12.3 Å². The lowest BCUT2D eigenvalue weighted by molar-refractivity contribution is 0.0693. The first-order valence-electron chi connectivity index (χ1n) is 6.26. The van der Waals surface area contributed by atoms with E-state index >= 15 is 0 Å². The third-order valence-electron chi connectivity index (χ3n) is 3.01. The van der Waals surface area contributed by atoms with Crippen molar-refractivity contribution in [3.05, 3.63) is 60.2 Å². The van der Waals surface area contributed by atoms with Crippen LogP contribution in [0.15, 0.2) is 48.7 Å². The second kappa shape index (κ2) is 5.16. The SMILES string of the molecule is O=C(O)c1nc(COc2ccccc2)n2ccc(O)cc12. The minimum atomic E-state index is -1.15. The van der Waals surface area contributed by atoms with E-state index in [0.29, 0.717) is 17.1 Å². The van der Waals surface area contributed by atoms with Crippen LogP contribution < -0.4 is 4.74 Å². The number of fused-ring (bicyclic) bond motifs is 1. The molecule has 0 saturated carbocycles. The Morgan fingerprint density at radius 2 is 2.00 bits per heavy atom. The molecule has 0 aliphatic carbocycles. The summed E-state index contributed by atoms with van der Waals surface area (Å²) in [6.07, 6.45) is 1.56. The molecule has 0 bridgehead atoms. The number of hydrogen-bond acceptors (Lipinski definition) is 4. The van der Waals surface area contributed by atoms with Gasteiger partial charge in [-0.3, -0.25) is 4.40 Å². The van der Waals surface area contributed by atoms with Crippen LogP contribution in [0, 0.1) is 0 Å². The maximum atomic E-state index is 11.2. The van der Waals surface area contributed by atoms with Crippen LogP contribution in [0.5, 0.6) is 11.5 Å². The average molecular weight is 284 g/mol. The average Bonchev–Trinajstić information content (AvgIpc) is 2.84. The molecule has 0 atom stereocenters. The zero-order chi connectivity index (χ0) is 14.8. The van der Waals surface area contributed by atoms with E-state index in [2.05, 4.69) is 4.98 Å². The highest BCUT2D eigenvalue weighted by atomic mass is 16.5. The van der Waals surface area contributed by atoms with Gasteiger partial charge in [-0.2, -0.15) is 0 Å². The fraction of sp³-hybridized carbons (Fsp3) is 0.0667. The van der Waals surface area contributed by atoms with E-state index in [-0.39, 0.29) is 18.1 Å². The van der Waals surface area contributed by atoms with E-state index in [1.807, 2.05) is 18.2 Å². The van der Waals surface area contributed by atoms with Crippen molar-refractivity contribution in [3.63, 3.8) is 0 Å². The normalized spacial score (nSPS) is 10.7. The van der Waals surface area contributed by atoms with Crippen molar-refractivity contribution in [1.29, 1.82) is 0 Å². The molecule has 0 saturated heterocycles. The molecule has 0 radical (unpaired) electrons. The molecule has 1 aromatic carbocycles. The van der Waals surface area contributed by atoms with E-state index in [1.165, 1.54) is 12.1 Å². The number of nitrogens with zero attached hydrogens (tertiary/aromatic N) is 2. The van der Waals surface area contributed by atoms with Gasteiger partial charge in [0.2, 0.25) is 0 Å². The molecule has 0 fully saturated rings. The summed E-state index contributed by atoms with van der Waals surface area (Å²) in [4.78, 5) is 15.3. The Kier molecular flexibility index (Phi) is 3.19. The van der Waals surface area contributed by atoms with Crippen LogP contribution in [0.4, 0.5) is 0 Å². The Balaban J connectivity index is 1.97. The van der Waals surface area contributed by atoms with Crippen LogP contribution in [0.1, 0.15) is 16.3 Å². The van der Waals surface area contributed by atoms with E-state index < -0.39 is 5.97 Å². The predicted molar refractivity (Wildman–Crippen MR) is 74.6 cm³/mol. The van der Waals surface area contributed by atoms with Gasteiger partial charge < -0.3 is 14.9 Å². The predicted octanol–water partition coefficient (Wildman–Crippen LogP) is 2.32. The number of aromatic nitrogens is 2. The number of aromatic carboxylic acids is 1. The number of rotatable bonds is 4. The van der Waals surface area contributed by atoms with Crippen molar-refractivity contribution in [3.8, 4) is 11.5 Å². The van der Waals surface area contributed by atoms with Crippen molar-refractivity contribution in [1.82, 2.24) is 9.38 Å². The standard InChI is InChI=1S/C15H12N2O4/c18-10-6-7-17-12(8-10)14(15(19)20)16-13(17)9-21-11-4-2-1-3-5-11/h1-8,18H,9H2,(H,19,20). The lowest BCUT2D eigenvalue weighted by atomic mass is 10.3. The number of carboxylic acid groups (broad SMARTS) is 1. The molecule has 0 aliphatic rings. The van der Waals surface area contributed by atoms with Crippen LogP contribution >= 0.6 is 0 Å². The number of pyridine rings is 1. The second-order valence-corrected chi connectivity index (χ2v) is 4.42. The molecule has 2 N–H and O–H groups in total. The largest absolute Gasteiger partial charge is 0.508 e. The van der Waals surface area contributed by atoms with E-state index in [1.54, 1.807) is 22.7 Å². The number of benzene rings is 1. The van der Waals surface area contributed by atoms with Gasteiger partial charge in [0.05, 0.1) is 5.52 Å². The molecule has 3 aromatic rings. The van der Waals surface area contributed by atoms with Crippen LogP contribution in [0.25, 0.3) is 5.52 Å². The Hall–Kier alpha value is -3.02. The first kappa shape index (κ1) is 13.0. The third-order valence-corrected chi connectivity index (χ3v) is 3.01. The fourth-order valence-electron chi connectivity index (χ4n) is 2.06. The number of carboxylic acids is 1. The van der Waals surface area contributed by atoms with Gasteiger partial charge in [0.25, 0.3) is 0 Å². The summed E-state index contributed by atoms with van der Waals surface area (Å²) in [6.45, 7) is 0.128. The Bertz CT molecular complexity index is 796. The maximum absolute atomic E-state index is 11.2. The number of carbonyl (C=O) groups is 1. The quantitative estimate of drug-likeness (QED) is 0.768. The Morgan fingerprint density at radius 3 is 2.71 bits per heavy atom. The van der Waals surface area contributed by atoms with Gasteiger partial charge in [-0.15, -0.1) is 0 Å². The molecule has 6 heteroatoms. The molecule has 2 aromatic heterocycles. The second-order valence-electron chi connectivity index (χ2n) is 4.42. The Labute approximate surface area is 119 Å². The van der Waals surface area contributed by atoms with Crippen molar-refractivity contribution in [2.24, 2.45) is 0 Å². The molecular weight excluding hydrogens is 272 g/mol. The van der Waals surface area contributed by atoms with Crippen molar-refractivity contribution in [2.75, 3.05) is 0 Å². The number of hydrogen-bond donors (Lipinski definition) is 2. The first-order valence-corrected chi connectivity index (χ1v) is 6.26. The van der Waals surface area contributed by atoms with Crippen molar-refractivity contribution >= 4 is 11.5 Å². The molecule has 21 heavy (non-hydrogen) atoms. The molecule has 3 rings (SSSR count). The third kappa shape index (κ3) is 2.51. The van der Waals surface area contributed by atoms with Gasteiger partial charge in [-0.05, 0) is 18.2 Å². The minimum absolute atomic E-state index is 0.0135. The highest BCUT2D eigenvalue weighted by Crippen LogP contribution is 2.20. The first-order chi connectivity index (χ1) is 10.1. The van der Waals surface area contributed by atoms with Crippen LogP contribution in [0.3, 0.4) is 0 Å².